The fourth-order valence-corrected chi connectivity index (χ4v) is 4.81. The standard InChI is InChI=1S/C26H22F3N/c27-24-7-4-8-25(28)23(24)16-30-20-10-11-21(30)14-19(13-20)18-9-12-22(26(29)15-18)17-5-2-1-3-6-17/h1-9,12-13,15,20-21H,10-11,14,16H2. The number of hydrogen-bond acceptors (Lipinski definition) is 1. The van der Waals surface area contributed by atoms with Crippen LogP contribution in [0, 0.1) is 17.5 Å². The second-order valence-corrected chi connectivity index (χ2v) is 8.13. The molecule has 3 aromatic carbocycles. The Labute approximate surface area is 174 Å². The molecule has 152 valence electrons. The Morgan fingerprint density at radius 2 is 1.53 bits per heavy atom. The third kappa shape index (κ3) is 3.46. The molecule has 2 aliphatic heterocycles. The quantitative estimate of drug-likeness (QED) is 0.473. The molecule has 5 rings (SSSR count). The second kappa shape index (κ2) is 7.77. The Morgan fingerprint density at radius 3 is 2.23 bits per heavy atom. The van der Waals surface area contributed by atoms with Crippen LogP contribution in [0.3, 0.4) is 0 Å². The molecular formula is C26H22F3N. The van der Waals surface area contributed by atoms with Gasteiger partial charge < -0.3 is 0 Å². The van der Waals surface area contributed by atoms with Gasteiger partial charge in [0.05, 0.1) is 0 Å². The van der Waals surface area contributed by atoms with Gasteiger partial charge in [0.15, 0.2) is 0 Å². The minimum absolute atomic E-state index is 0.120. The lowest BCUT2D eigenvalue weighted by Gasteiger charge is -2.34. The van der Waals surface area contributed by atoms with Gasteiger partial charge in [-0.25, -0.2) is 13.2 Å². The molecule has 0 N–H and O–H groups in total. The first-order chi connectivity index (χ1) is 14.6. The summed E-state index contributed by atoms with van der Waals surface area (Å²) in [5, 5.41) is 0. The summed E-state index contributed by atoms with van der Waals surface area (Å²) in [4.78, 5) is 2.18. The Kier molecular flexibility index (Phi) is 4.95. The number of halogens is 3. The molecule has 2 aliphatic rings. The summed E-state index contributed by atoms with van der Waals surface area (Å²) in [6.45, 7) is 0.263. The van der Waals surface area contributed by atoms with Crippen LogP contribution >= 0.6 is 0 Å². The zero-order valence-corrected chi connectivity index (χ0v) is 16.5. The van der Waals surface area contributed by atoms with Gasteiger partial charge in [0.2, 0.25) is 0 Å². The number of nitrogens with zero attached hydrogens (tertiary/aromatic N) is 1. The van der Waals surface area contributed by atoms with E-state index in [4.69, 9.17) is 0 Å². The highest BCUT2D eigenvalue weighted by Crippen LogP contribution is 2.40. The van der Waals surface area contributed by atoms with E-state index in [-0.39, 0.29) is 30.0 Å². The molecule has 2 bridgehead atoms. The molecule has 0 spiro atoms. The Bertz CT molecular complexity index is 1090. The number of fused-ring (bicyclic) bond motifs is 2. The highest BCUT2D eigenvalue weighted by Gasteiger charge is 2.37. The third-order valence-corrected chi connectivity index (χ3v) is 6.37. The first-order valence-electron chi connectivity index (χ1n) is 10.3. The molecule has 0 amide bonds. The zero-order valence-electron chi connectivity index (χ0n) is 16.5. The Balaban J connectivity index is 1.40. The summed E-state index contributed by atoms with van der Waals surface area (Å²) in [6, 6.07) is 19.3. The highest BCUT2D eigenvalue weighted by molar-refractivity contribution is 5.72. The van der Waals surface area contributed by atoms with E-state index in [1.165, 1.54) is 18.2 Å². The van der Waals surface area contributed by atoms with Gasteiger partial charge in [0.1, 0.15) is 17.5 Å². The molecule has 2 atom stereocenters. The summed E-state index contributed by atoms with van der Waals surface area (Å²) in [5.41, 5.74) is 3.59. The molecule has 0 saturated carbocycles. The third-order valence-electron chi connectivity index (χ3n) is 6.37. The molecule has 3 aromatic rings. The summed E-state index contributed by atoms with van der Waals surface area (Å²) in [6.07, 6.45) is 4.84. The van der Waals surface area contributed by atoms with Crippen LogP contribution in [0.5, 0.6) is 0 Å². The minimum atomic E-state index is -0.497. The highest BCUT2D eigenvalue weighted by atomic mass is 19.1. The van der Waals surface area contributed by atoms with Crippen molar-refractivity contribution in [1.82, 2.24) is 4.90 Å². The molecule has 4 heteroatoms. The van der Waals surface area contributed by atoms with E-state index in [1.54, 1.807) is 6.07 Å². The second-order valence-electron chi connectivity index (χ2n) is 8.13. The maximum atomic E-state index is 14.8. The van der Waals surface area contributed by atoms with Gasteiger partial charge >= 0.3 is 0 Å². The van der Waals surface area contributed by atoms with Crippen molar-refractivity contribution in [3.8, 4) is 11.1 Å². The first kappa shape index (κ1) is 19.1. The summed E-state index contributed by atoms with van der Waals surface area (Å²) in [5.74, 6) is -1.23. The van der Waals surface area contributed by atoms with Gasteiger partial charge in [0, 0.05) is 29.8 Å². The van der Waals surface area contributed by atoms with Crippen molar-refractivity contribution in [3.63, 3.8) is 0 Å². The predicted octanol–water partition coefficient (Wildman–Crippen LogP) is 6.59. The van der Waals surface area contributed by atoms with Gasteiger partial charge in [-0.1, -0.05) is 54.6 Å². The summed E-state index contributed by atoms with van der Waals surface area (Å²) < 4.78 is 43.1. The molecule has 30 heavy (non-hydrogen) atoms. The first-order valence-corrected chi connectivity index (χ1v) is 10.3. The van der Waals surface area contributed by atoms with E-state index in [9.17, 15) is 13.2 Å². The van der Waals surface area contributed by atoms with Gasteiger partial charge in [-0.3, -0.25) is 4.90 Å². The van der Waals surface area contributed by atoms with Crippen LogP contribution in [-0.2, 0) is 6.54 Å². The van der Waals surface area contributed by atoms with Gasteiger partial charge in [-0.15, -0.1) is 0 Å². The fourth-order valence-electron chi connectivity index (χ4n) is 4.81. The van der Waals surface area contributed by atoms with E-state index < -0.39 is 11.6 Å². The number of rotatable bonds is 4. The van der Waals surface area contributed by atoms with Crippen LogP contribution in [0.25, 0.3) is 16.7 Å². The fraction of sp³-hybridized carbons (Fsp3) is 0.231. The largest absolute Gasteiger partial charge is 0.289 e. The molecule has 1 nitrogen and oxygen atoms in total. The van der Waals surface area contributed by atoms with Gasteiger partial charge in [0.25, 0.3) is 0 Å². The van der Waals surface area contributed by atoms with Crippen molar-refractivity contribution in [1.29, 1.82) is 0 Å². The van der Waals surface area contributed by atoms with Crippen LogP contribution in [-0.4, -0.2) is 17.0 Å². The molecule has 2 unspecified atom stereocenters. The van der Waals surface area contributed by atoms with E-state index in [1.807, 2.05) is 42.5 Å². The van der Waals surface area contributed by atoms with E-state index in [0.29, 0.717) is 5.56 Å². The average Bonchev–Trinajstić information content (AvgIpc) is 2.98. The van der Waals surface area contributed by atoms with Crippen LogP contribution < -0.4 is 0 Å². The van der Waals surface area contributed by atoms with E-state index in [0.717, 1.165) is 36.0 Å². The van der Waals surface area contributed by atoms with Crippen molar-refractivity contribution in [2.45, 2.75) is 37.9 Å². The van der Waals surface area contributed by atoms with Crippen molar-refractivity contribution in [3.05, 3.63) is 101 Å². The van der Waals surface area contributed by atoms with Crippen LogP contribution in [0.4, 0.5) is 13.2 Å². The molecular weight excluding hydrogens is 383 g/mol. The molecule has 0 aromatic heterocycles. The lowest BCUT2D eigenvalue weighted by Crippen LogP contribution is -2.38. The SMILES string of the molecule is Fc1cc(C2=CC3CCC(C2)N3Cc2c(F)cccc2F)ccc1-c1ccccc1. The molecule has 2 heterocycles. The predicted molar refractivity (Wildman–Crippen MR) is 113 cm³/mol. The zero-order chi connectivity index (χ0) is 20.7. The molecule has 0 aliphatic carbocycles. The van der Waals surface area contributed by atoms with Gasteiger partial charge in [-0.2, -0.15) is 0 Å². The smallest absolute Gasteiger partial charge is 0.131 e. The normalized spacial score (nSPS) is 21.0. The van der Waals surface area contributed by atoms with Crippen molar-refractivity contribution >= 4 is 5.57 Å². The van der Waals surface area contributed by atoms with Crippen molar-refractivity contribution < 1.29 is 13.2 Å². The lowest BCUT2D eigenvalue weighted by atomic mass is 9.92. The number of benzene rings is 3. The monoisotopic (exact) mass is 405 g/mol. The van der Waals surface area contributed by atoms with E-state index in [2.05, 4.69) is 11.0 Å². The maximum Gasteiger partial charge on any atom is 0.131 e. The Morgan fingerprint density at radius 1 is 0.767 bits per heavy atom. The number of hydrogen-bond donors (Lipinski definition) is 0. The van der Waals surface area contributed by atoms with Crippen LogP contribution in [0.15, 0.2) is 72.8 Å². The molecule has 1 fully saturated rings. The molecule has 1 saturated heterocycles. The van der Waals surface area contributed by atoms with Crippen molar-refractivity contribution in [2.75, 3.05) is 0 Å². The average molecular weight is 405 g/mol. The molecule has 0 radical (unpaired) electrons. The topological polar surface area (TPSA) is 3.24 Å². The summed E-state index contributed by atoms with van der Waals surface area (Å²) in [7, 11) is 0. The Hall–Kier alpha value is -2.85. The van der Waals surface area contributed by atoms with E-state index >= 15 is 0 Å². The van der Waals surface area contributed by atoms with Crippen LogP contribution in [0.1, 0.15) is 30.4 Å². The minimum Gasteiger partial charge on any atom is -0.289 e. The van der Waals surface area contributed by atoms with Crippen molar-refractivity contribution in [2.24, 2.45) is 0 Å². The maximum absolute atomic E-state index is 14.8. The lowest BCUT2D eigenvalue weighted by molar-refractivity contribution is 0.198. The van der Waals surface area contributed by atoms with Gasteiger partial charge in [-0.05, 0) is 54.2 Å². The van der Waals surface area contributed by atoms with Crippen LogP contribution in [0.2, 0.25) is 0 Å². The summed E-state index contributed by atoms with van der Waals surface area (Å²) >= 11 is 0.